The summed E-state index contributed by atoms with van der Waals surface area (Å²) in [5.41, 5.74) is 3.69. The normalized spacial score (nSPS) is 13.2. The molecule has 1 N–H and O–H groups in total. The van der Waals surface area contributed by atoms with E-state index in [1.165, 1.54) is 16.5 Å². The second-order valence-corrected chi connectivity index (χ2v) is 8.94. The van der Waals surface area contributed by atoms with E-state index in [1.807, 2.05) is 37.3 Å². The number of ether oxygens (including phenoxy) is 1. The zero-order valence-corrected chi connectivity index (χ0v) is 18.3. The van der Waals surface area contributed by atoms with E-state index in [9.17, 15) is 14.7 Å². The van der Waals surface area contributed by atoms with Crippen molar-refractivity contribution >= 4 is 27.5 Å². The second kappa shape index (κ2) is 8.12. The maximum Gasteiger partial charge on any atom is 0.407 e. The molecule has 7 nitrogen and oxygen atoms in total. The number of fused-ring (bicyclic) bond motifs is 3. The Labute approximate surface area is 188 Å². The number of amides is 1. The zero-order chi connectivity index (χ0) is 22.2. The minimum absolute atomic E-state index is 0.178. The first-order valence-corrected chi connectivity index (χ1v) is 11.1. The van der Waals surface area contributed by atoms with E-state index in [4.69, 9.17) is 4.74 Å². The van der Waals surface area contributed by atoms with Crippen LogP contribution in [-0.4, -0.2) is 32.2 Å². The first-order chi connectivity index (χ1) is 15.5. The predicted molar refractivity (Wildman–Crippen MR) is 123 cm³/mol. The summed E-state index contributed by atoms with van der Waals surface area (Å²) in [6, 6.07) is 13.1. The van der Waals surface area contributed by atoms with Gasteiger partial charge in [0.25, 0.3) is 5.56 Å². The van der Waals surface area contributed by atoms with Crippen LogP contribution < -0.4 is 10.3 Å². The van der Waals surface area contributed by atoms with Crippen molar-refractivity contribution in [2.45, 2.75) is 26.5 Å². The number of thiophene rings is 1. The van der Waals surface area contributed by atoms with Gasteiger partial charge in [-0.25, -0.2) is 4.79 Å². The Kier molecular flexibility index (Phi) is 5.14. The Bertz CT molecular complexity index is 1370. The number of hydrogen-bond acceptors (Lipinski definition) is 5. The number of aromatic nitrogens is 2. The van der Waals surface area contributed by atoms with Crippen LogP contribution in [0.2, 0.25) is 0 Å². The summed E-state index contributed by atoms with van der Waals surface area (Å²) in [4.78, 5) is 30.8. The highest BCUT2D eigenvalue weighted by atomic mass is 32.1. The number of carbonyl (C=O) groups is 1. The number of pyridine rings is 2. The lowest BCUT2D eigenvalue weighted by Crippen LogP contribution is -2.33. The summed E-state index contributed by atoms with van der Waals surface area (Å²) in [5.74, 6) is 0.508. The van der Waals surface area contributed by atoms with Crippen LogP contribution in [0.4, 0.5) is 4.79 Å². The summed E-state index contributed by atoms with van der Waals surface area (Å²) in [6.45, 7) is 3.20. The van der Waals surface area contributed by atoms with Crippen molar-refractivity contribution in [3.63, 3.8) is 0 Å². The average molecular weight is 448 g/mol. The summed E-state index contributed by atoms with van der Waals surface area (Å²) < 4.78 is 8.39. The Balaban J connectivity index is 1.38. The molecule has 3 aromatic heterocycles. The minimum atomic E-state index is -0.888. The number of rotatable bonds is 4. The standard InChI is InChI=1S/C24H21N3O4S/c1-15-2-3-16(12-25-15)14-31-18-6-9-27(23(28)11-18)17-4-5-19-20-7-8-26(24(29)30)13-22(20)32-21(19)10-17/h2-6,9-12H,7-8,13-14H2,1H3,(H,29,30). The molecule has 0 atom stereocenters. The molecule has 5 rings (SSSR count). The largest absolute Gasteiger partial charge is 0.489 e. The Hall–Kier alpha value is -3.65. The molecule has 1 aliphatic heterocycles. The molecule has 8 heteroatoms. The van der Waals surface area contributed by atoms with Gasteiger partial charge in [-0.1, -0.05) is 12.1 Å². The predicted octanol–water partition coefficient (Wildman–Crippen LogP) is 4.37. The van der Waals surface area contributed by atoms with Gasteiger partial charge in [-0.05, 0) is 48.6 Å². The molecule has 0 unspecified atom stereocenters. The van der Waals surface area contributed by atoms with Crippen LogP contribution in [0, 0.1) is 6.92 Å². The number of nitrogens with zero attached hydrogens (tertiary/aromatic N) is 3. The van der Waals surface area contributed by atoms with Crippen molar-refractivity contribution in [1.29, 1.82) is 0 Å². The van der Waals surface area contributed by atoms with Crippen molar-refractivity contribution in [3.8, 4) is 11.4 Å². The number of aryl methyl sites for hydroxylation is 1. The molecule has 0 saturated carbocycles. The molecule has 0 spiro atoms. The monoisotopic (exact) mass is 447 g/mol. The maximum atomic E-state index is 12.7. The molecule has 0 fully saturated rings. The molecule has 0 radical (unpaired) electrons. The van der Waals surface area contributed by atoms with Crippen LogP contribution >= 0.6 is 11.3 Å². The molecule has 1 aliphatic rings. The van der Waals surface area contributed by atoms with Gasteiger partial charge in [-0.2, -0.15) is 0 Å². The zero-order valence-electron chi connectivity index (χ0n) is 17.4. The lowest BCUT2D eigenvalue weighted by atomic mass is 10.0. The third-order valence-corrected chi connectivity index (χ3v) is 6.82. The molecule has 32 heavy (non-hydrogen) atoms. The third-order valence-electron chi connectivity index (χ3n) is 5.64. The van der Waals surface area contributed by atoms with E-state index in [-0.39, 0.29) is 5.56 Å². The SMILES string of the molecule is Cc1ccc(COc2ccn(-c3ccc4c5c(sc4c3)CN(C(=O)O)CC5)c(=O)c2)cn1. The molecule has 0 bridgehead atoms. The van der Waals surface area contributed by atoms with Gasteiger partial charge in [-0.15, -0.1) is 11.3 Å². The first-order valence-electron chi connectivity index (χ1n) is 10.3. The second-order valence-electron chi connectivity index (χ2n) is 7.81. The summed E-state index contributed by atoms with van der Waals surface area (Å²) in [7, 11) is 0. The summed E-state index contributed by atoms with van der Waals surface area (Å²) >= 11 is 1.59. The Morgan fingerprint density at radius 3 is 2.84 bits per heavy atom. The van der Waals surface area contributed by atoms with E-state index in [0.29, 0.717) is 31.9 Å². The van der Waals surface area contributed by atoms with Gasteiger partial charge in [0.15, 0.2) is 0 Å². The summed E-state index contributed by atoms with van der Waals surface area (Å²) in [5, 5.41) is 10.4. The van der Waals surface area contributed by atoms with Crippen LogP contribution in [0.25, 0.3) is 15.8 Å². The number of benzene rings is 1. The summed E-state index contributed by atoms with van der Waals surface area (Å²) in [6.07, 6.45) is 3.30. The number of carboxylic acid groups (broad SMARTS) is 1. The topological polar surface area (TPSA) is 84.7 Å². The lowest BCUT2D eigenvalue weighted by molar-refractivity contribution is 0.140. The van der Waals surface area contributed by atoms with Crippen molar-refractivity contribution in [2.75, 3.05) is 6.54 Å². The molecular weight excluding hydrogens is 426 g/mol. The first kappa shape index (κ1) is 20.3. The third kappa shape index (κ3) is 3.85. The van der Waals surface area contributed by atoms with Crippen molar-refractivity contribution in [3.05, 3.63) is 86.9 Å². The van der Waals surface area contributed by atoms with Gasteiger partial charge in [0.05, 0.1) is 12.2 Å². The Morgan fingerprint density at radius 1 is 1.22 bits per heavy atom. The maximum absolute atomic E-state index is 12.7. The average Bonchev–Trinajstić information content (AvgIpc) is 3.15. The fourth-order valence-corrected chi connectivity index (χ4v) is 5.22. The lowest BCUT2D eigenvalue weighted by Gasteiger charge is -2.23. The fraction of sp³-hybridized carbons (Fsp3) is 0.208. The van der Waals surface area contributed by atoms with Gasteiger partial charge < -0.3 is 14.7 Å². The highest BCUT2D eigenvalue weighted by Crippen LogP contribution is 2.36. The van der Waals surface area contributed by atoms with Crippen LogP contribution in [0.15, 0.2) is 59.7 Å². The Morgan fingerprint density at radius 2 is 2.09 bits per heavy atom. The van der Waals surface area contributed by atoms with Crippen molar-refractivity contribution < 1.29 is 14.6 Å². The fourth-order valence-electron chi connectivity index (χ4n) is 3.92. The molecule has 0 aliphatic carbocycles. The van der Waals surface area contributed by atoms with Gasteiger partial charge in [-0.3, -0.25) is 14.3 Å². The molecule has 1 amide bonds. The van der Waals surface area contributed by atoms with Gasteiger partial charge in [0, 0.05) is 45.8 Å². The van der Waals surface area contributed by atoms with Gasteiger partial charge in [0.2, 0.25) is 0 Å². The van der Waals surface area contributed by atoms with Crippen LogP contribution in [0.5, 0.6) is 5.75 Å². The van der Waals surface area contributed by atoms with E-state index in [2.05, 4.69) is 4.98 Å². The molecule has 4 heterocycles. The van der Waals surface area contributed by atoms with Gasteiger partial charge >= 0.3 is 6.09 Å². The number of hydrogen-bond donors (Lipinski definition) is 1. The molecule has 162 valence electrons. The van der Waals surface area contributed by atoms with Crippen LogP contribution in [-0.2, 0) is 19.6 Å². The molecular formula is C24H21N3O4S. The van der Waals surface area contributed by atoms with E-state index >= 15 is 0 Å². The molecule has 1 aromatic carbocycles. The minimum Gasteiger partial charge on any atom is -0.489 e. The smallest absolute Gasteiger partial charge is 0.407 e. The van der Waals surface area contributed by atoms with E-state index < -0.39 is 6.09 Å². The van der Waals surface area contributed by atoms with Crippen LogP contribution in [0.3, 0.4) is 0 Å². The van der Waals surface area contributed by atoms with Crippen molar-refractivity contribution in [1.82, 2.24) is 14.5 Å². The molecule has 4 aromatic rings. The van der Waals surface area contributed by atoms with E-state index in [1.54, 1.807) is 34.4 Å². The molecule has 0 saturated heterocycles. The van der Waals surface area contributed by atoms with Crippen molar-refractivity contribution in [2.24, 2.45) is 0 Å². The van der Waals surface area contributed by atoms with Crippen LogP contribution in [0.1, 0.15) is 21.7 Å². The highest BCUT2D eigenvalue weighted by Gasteiger charge is 2.23. The van der Waals surface area contributed by atoms with Gasteiger partial charge in [0.1, 0.15) is 12.4 Å². The van der Waals surface area contributed by atoms with E-state index in [0.717, 1.165) is 31.9 Å². The quantitative estimate of drug-likeness (QED) is 0.502. The highest BCUT2D eigenvalue weighted by molar-refractivity contribution is 7.19.